The number of aliphatic imine (C=N–C) groups is 1. The first-order valence-corrected chi connectivity index (χ1v) is 8.22. The van der Waals surface area contributed by atoms with Crippen LogP contribution in [0.1, 0.15) is 11.4 Å². The van der Waals surface area contributed by atoms with Crippen molar-refractivity contribution in [2.45, 2.75) is 13.5 Å². The number of guanidine groups is 1. The van der Waals surface area contributed by atoms with E-state index in [0.29, 0.717) is 23.7 Å². The molecule has 0 unspecified atom stereocenters. The lowest BCUT2D eigenvalue weighted by Crippen LogP contribution is -2.23. The summed E-state index contributed by atoms with van der Waals surface area (Å²) in [7, 11) is 5.18. The van der Waals surface area contributed by atoms with Gasteiger partial charge in [-0.3, -0.25) is 0 Å². The number of hydrogen-bond donors (Lipinski definition) is 2. The molecule has 0 amide bonds. The monoisotopic (exact) mass is 353 g/mol. The zero-order valence-electron chi connectivity index (χ0n) is 15.4. The van der Waals surface area contributed by atoms with E-state index in [1.54, 1.807) is 20.3 Å². The fourth-order valence-corrected chi connectivity index (χ4v) is 2.75. The molecule has 2 aromatic carbocycles. The van der Waals surface area contributed by atoms with Crippen LogP contribution in [0.2, 0.25) is 0 Å². The third-order valence-electron chi connectivity index (χ3n) is 4.19. The molecule has 136 valence electrons. The first-order chi connectivity index (χ1) is 12.5. The third-order valence-corrected chi connectivity index (χ3v) is 4.19. The van der Waals surface area contributed by atoms with Crippen LogP contribution in [0.4, 0.5) is 5.69 Å². The van der Waals surface area contributed by atoms with E-state index in [2.05, 4.69) is 40.4 Å². The molecule has 7 nitrogen and oxygen atoms in total. The number of benzene rings is 2. The summed E-state index contributed by atoms with van der Waals surface area (Å²) in [5.41, 5.74) is 9.94. The van der Waals surface area contributed by atoms with Crippen LogP contribution in [0.5, 0.6) is 11.5 Å². The lowest BCUT2D eigenvalue weighted by Gasteiger charge is -2.12. The Hall–Kier alpha value is -3.22. The number of nitrogens with one attached hydrogen (secondary N) is 1. The van der Waals surface area contributed by atoms with Crippen LogP contribution in [-0.4, -0.2) is 29.7 Å². The Morgan fingerprint density at radius 1 is 1.19 bits per heavy atom. The number of rotatable bonds is 5. The summed E-state index contributed by atoms with van der Waals surface area (Å²) < 4.78 is 12.6. The largest absolute Gasteiger partial charge is 0.497 e. The summed E-state index contributed by atoms with van der Waals surface area (Å²) in [6.07, 6.45) is 0. The van der Waals surface area contributed by atoms with Crippen molar-refractivity contribution in [2.75, 3.05) is 19.5 Å². The maximum absolute atomic E-state index is 6.04. The fourth-order valence-electron chi connectivity index (χ4n) is 2.75. The number of hydrogen-bond acceptors (Lipinski definition) is 4. The Kier molecular flexibility index (Phi) is 4.97. The maximum Gasteiger partial charge on any atom is 0.193 e. The number of aryl methyl sites for hydroxylation is 2. The minimum atomic E-state index is 0.278. The zero-order chi connectivity index (χ0) is 18.7. The van der Waals surface area contributed by atoms with Gasteiger partial charge in [0, 0.05) is 13.1 Å². The van der Waals surface area contributed by atoms with E-state index in [0.717, 1.165) is 16.9 Å². The van der Waals surface area contributed by atoms with Crippen LogP contribution >= 0.6 is 0 Å². The molecular formula is C19H23N5O2. The standard InChI is InChI=1S/C19H23N5O2/c1-12-5-7-16-14(9-12)22-18(24(16)2)11-21-19(20)23-15-10-13(25-3)6-8-17(15)26-4/h5-10H,11H2,1-4H3,(H3,20,21,23). The van der Waals surface area contributed by atoms with Gasteiger partial charge in [-0.05, 0) is 36.8 Å². The minimum absolute atomic E-state index is 0.278. The average molecular weight is 353 g/mol. The second-order valence-corrected chi connectivity index (χ2v) is 5.97. The highest BCUT2D eigenvalue weighted by molar-refractivity contribution is 5.94. The molecule has 0 atom stereocenters. The van der Waals surface area contributed by atoms with Crippen LogP contribution < -0.4 is 20.5 Å². The predicted octanol–water partition coefficient (Wildman–Crippen LogP) is 2.83. The Balaban J connectivity index is 1.80. The van der Waals surface area contributed by atoms with Gasteiger partial charge in [0.25, 0.3) is 0 Å². The van der Waals surface area contributed by atoms with Crippen molar-refractivity contribution in [2.24, 2.45) is 17.8 Å². The van der Waals surface area contributed by atoms with Crippen molar-refractivity contribution in [3.63, 3.8) is 0 Å². The Morgan fingerprint density at radius 2 is 2.00 bits per heavy atom. The summed E-state index contributed by atoms with van der Waals surface area (Å²) in [5, 5.41) is 3.05. The van der Waals surface area contributed by atoms with E-state index in [1.807, 2.05) is 23.7 Å². The first-order valence-electron chi connectivity index (χ1n) is 8.22. The molecule has 0 aliphatic carbocycles. The maximum atomic E-state index is 6.04. The van der Waals surface area contributed by atoms with E-state index in [9.17, 15) is 0 Å². The number of imidazole rings is 1. The number of nitrogens with two attached hydrogens (primary N) is 1. The van der Waals surface area contributed by atoms with E-state index in [1.165, 1.54) is 5.56 Å². The average Bonchev–Trinajstić information content (AvgIpc) is 2.95. The second kappa shape index (κ2) is 7.35. The molecule has 0 saturated heterocycles. The van der Waals surface area contributed by atoms with Gasteiger partial charge >= 0.3 is 0 Å². The van der Waals surface area contributed by atoms with Crippen molar-refractivity contribution < 1.29 is 9.47 Å². The summed E-state index contributed by atoms with van der Waals surface area (Å²) >= 11 is 0. The lowest BCUT2D eigenvalue weighted by atomic mass is 10.2. The quantitative estimate of drug-likeness (QED) is 0.544. The van der Waals surface area contributed by atoms with E-state index < -0.39 is 0 Å². The Bertz CT molecular complexity index is 962. The molecule has 26 heavy (non-hydrogen) atoms. The van der Waals surface area contributed by atoms with Crippen molar-refractivity contribution in [1.82, 2.24) is 9.55 Å². The van der Waals surface area contributed by atoms with Crippen molar-refractivity contribution in [3.05, 3.63) is 47.8 Å². The number of methoxy groups -OCH3 is 2. The SMILES string of the molecule is COc1ccc(OC)c(NC(N)=NCc2nc3cc(C)ccc3n2C)c1. The van der Waals surface area contributed by atoms with Gasteiger partial charge in [-0.15, -0.1) is 0 Å². The predicted molar refractivity (Wildman–Crippen MR) is 104 cm³/mol. The van der Waals surface area contributed by atoms with Crippen LogP contribution in [-0.2, 0) is 13.6 Å². The molecule has 0 aliphatic heterocycles. The number of fused-ring (bicyclic) bond motifs is 1. The van der Waals surface area contributed by atoms with Gasteiger partial charge in [-0.1, -0.05) is 6.07 Å². The van der Waals surface area contributed by atoms with E-state index >= 15 is 0 Å². The number of nitrogens with zero attached hydrogens (tertiary/aromatic N) is 3. The molecule has 0 bridgehead atoms. The summed E-state index contributed by atoms with van der Waals surface area (Å²) in [4.78, 5) is 9.04. The molecule has 0 saturated carbocycles. The number of ether oxygens (including phenoxy) is 2. The molecule has 3 rings (SSSR count). The van der Waals surface area contributed by atoms with E-state index in [-0.39, 0.29) is 5.96 Å². The smallest absolute Gasteiger partial charge is 0.193 e. The molecule has 7 heteroatoms. The van der Waals surface area contributed by atoms with Gasteiger partial charge in [0.05, 0.1) is 30.9 Å². The zero-order valence-corrected chi connectivity index (χ0v) is 15.4. The van der Waals surface area contributed by atoms with Crippen molar-refractivity contribution in [1.29, 1.82) is 0 Å². The van der Waals surface area contributed by atoms with Gasteiger partial charge in [-0.2, -0.15) is 0 Å². The summed E-state index contributed by atoms with van der Waals surface area (Å²) in [6.45, 7) is 2.42. The van der Waals surface area contributed by atoms with Crippen LogP contribution in [0.15, 0.2) is 41.4 Å². The highest BCUT2D eigenvalue weighted by atomic mass is 16.5. The molecule has 0 fully saturated rings. The van der Waals surface area contributed by atoms with E-state index in [4.69, 9.17) is 15.2 Å². The number of aromatic nitrogens is 2. The van der Waals surface area contributed by atoms with Gasteiger partial charge in [0.2, 0.25) is 0 Å². The third kappa shape index (κ3) is 3.56. The lowest BCUT2D eigenvalue weighted by molar-refractivity contribution is 0.405. The van der Waals surface area contributed by atoms with Crippen LogP contribution in [0.25, 0.3) is 11.0 Å². The number of anilines is 1. The summed E-state index contributed by atoms with van der Waals surface area (Å²) in [5.74, 6) is 2.47. The van der Waals surface area contributed by atoms with Crippen molar-refractivity contribution in [3.8, 4) is 11.5 Å². The molecule has 0 spiro atoms. The minimum Gasteiger partial charge on any atom is -0.497 e. The van der Waals surface area contributed by atoms with Gasteiger partial charge in [0.1, 0.15) is 23.9 Å². The van der Waals surface area contributed by atoms with Crippen LogP contribution in [0, 0.1) is 6.92 Å². The van der Waals surface area contributed by atoms with Crippen molar-refractivity contribution >= 4 is 22.7 Å². The molecule has 3 aromatic rings. The van der Waals surface area contributed by atoms with Gasteiger partial charge in [0.15, 0.2) is 5.96 Å². The Morgan fingerprint density at radius 3 is 2.73 bits per heavy atom. The first kappa shape index (κ1) is 17.6. The fraction of sp³-hybridized carbons (Fsp3) is 0.263. The second-order valence-electron chi connectivity index (χ2n) is 5.97. The molecule has 1 aromatic heterocycles. The van der Waals surface area contributed by atoms with Gasteiger partial charge < -0.3 is 25.1 Å². The topological polar surface area (TPSA) is 86.7 Å². The molecule has 0 radical (unpaired) electrons. The highest BCUT2D eigenvalue weighted by Crippen LogP contribution is 2.28. The normalized spacial score (nSPS) is 11.6. The molecule has 3 N–H and O–H groups in total. The Labute approximate surface area is 152 Å². The van der Waals surface area contributed by atoms with Gasteiger partial charge in [-0.25, -0.2) is 9.98 Å². The molecule has 1 heterocycles. The van der Waals surface area contributed by atoms with Crippen LogP contribution in [0.3, 0.4) is 0 Å². The summed E-state index contributed by atoms with van der Waals surface area (Å²) in [6, 6.07) is 11.6. The molecule has 0 aliphatic rings. The highest BCUT2D eigenvalue weighted by Gasteiger charge is 2.09. The molecular weight excluding hydrogens is 330 g/mol.